The summed E-state index contributed by atoms with van der Waals surface area (Å²) in [5.74, 6) is -0.109. The van der Waals surface area contributed by atoms with E-state index in [1.54, 1.807) is 16.3 Å². The van der Waals surface area contributed by atoms with Crippen molar-refractivity contribution in [2.45, 2.75) is 18.4 Å². The van der Waals surface area contributed by atoms with Crippen molar-refractivity contribution < 1.29 is 18.7 Å². The van der Waals surface area contributed by atoms with Gasteiger partial charge in [-0.25, -0.2) is 18.6 Å². The first-order valence-corrected chi connectivity index (χ1v) is 11.2. The maximum absolute atomic E-state index is 14.0. The van der Waals surface area contributed by atoms with Gasteiger partial charge < -0.3 is 15.3 Å². The number of hydrogen-bond acceptors (Lipinski definition) is 5. The maximum atomic E-state index is 14.0. The van der Waals surface area contributed by atoms with Crippen molar-refractivity contribution in [3.63, 3.8) is 0 Å². The molecule has 1 atom stereocenters. The van der Waals surface area contributed by atoms with Crippen LogP contribution in [0.5, 0.6) is 0 Å². The van der Waals surface area contributed by atoms with Crippen molar-refractivity contribution in [3.05, 3.63) is 64.5 Å². The van der Waals surface area contributed by atoms with Crippen LogP contribution in [-0.4, -0.2) is 41.7 Å². The zero-order valence-electron chi connectivity index (χ0n) is 17.6. The molecule has 33 heavy (non-hydrogen) atoms. The Morgan fingerprint density at radius 1 is 1.27 bits per heavy atom. The summed E-state index contributed by atoms with van der Waals surface area (Å²) in [6.07, 6.45) is 5.05. The Balaban J connectivity index is 1.62. The van der Waals surface area contributed by atoms with Gasteiger partial charge in [0.25, 0.3) is 5.92 Å². The number of hydrogen-bond donors (Lipinski definition) is 3. The average molecular weight is 469 g/mol. The highest BCUT2D eigenvalue weighted by Gasteiger charge is 2.39. The molecule has 1 fully saturated rings. The fraction of sp³-hybridized carbons (Fsp3) is 0.250. The molecule has 0 saturated carbocycles. The lowest BCUT2D eigenvalue weighted by Gasteiger charge is -2.27. The number of aliphatic hydroxyl groups excluding tert-OH is 1. The van der Waals surface area contributed by atoms with E-state index >= 15 is 0 Å². The topological polar surface area (TPSA) is 77.5 Å². The Bertz CT molecular complexity index is 1180. The molecule has 0 bridgehead atoms. The van der Waals surface area contributed by atoms with Crippen LogP contribution in [0.1, 0.15) is 23.0 Å². The van der Waals surface area contributed by atoms with Crippen LogP contribution in [0, 0.1) is 12.3 Å². The predicted octanol–water partition coefficient (Wildman–Crippen LogP) is 4.49. The normalized spacial score (nSPS) is 15.6. The van der Waals surface area contributed by atoms with E-state index in [1.165, 1.54) is 11.3 Å². The molecule has 1 saturated heterocycles. The lowest BCUT2D eigenvalue weighted by Crippen LogP contribution is -2.36. The van der Waals surface area contributed by atoms with Crippen LogP contribution in [0.4, 0.5) is 25.1 Å². The number of nitrogens with one attached hydrogen (secondary N) is 2. The lowest BCUT2D eigenvalue weighted by atomic mass is 9.98. The van der Waals surface area contributed by atoms with E-state index in [0.717, 1.165) is 11.1 Å². The number of aliphatic hydroxyl groups is 1. The largest absolute Gasteiger partial charge is 0.394 e. The van der Waals surface area contributed by atoms with Gasteiger partial charge in [-0.15, -0.1) is 17.8 Å². The number of carbonyl (C=O) groups is 1. The second kappa shape index (κ2) is 9.57. The smallest absolute Gasteiger partial charge is 0.320 e. The van der Waals surface area contributed by atoms with Crippen molar-refractivity contribution in [3.8, 4) is 23.5 Å². The number of urea groups is 1. The monoisotopic (exact) mass is 468 g/mol. The number of carbonyl (C=O) groups excluding carboxylic acids is 1. The van der Waals surface area contributed by atoms with E-state index in [0.29, 0.717) is 22.1 Å². The molecular weight excluding hydrogens is 446 g/mol. The molecule has 1 unspecified atom stereocenters. The van der Waals surface area contributed by atoms with Crippen molar-refractivity contribution >= 4 is 28.9 Å². The summed E-state index contributed by atoms with van der Waals surface area (Å²) >= 11 is 1.21. The number of rotatable bonds is 6. The van der Waals surface area contributed by atoms with Gasteiger partial charge in [-0.2, -0.15) is 0 Å². The number of anilines is 2. The summed E-state index contributed by atoms with van der Waals surface area (Å²) in [5.41, 5.74) is 2.90. The van der Waals surface area contributed by atoms with Gasteiger partial charge in [-0.3, -0.25) is 5.32 Å². The highest BCUT2D eigenvalue weighted by atomic mass is 32.1. The number of nitrogens with zero attached hydrogens (tertiary/aromatic N) is 2. The van der Waals surface area contributed by atoms with Crippen molar-refractivity contribution in [2.75, 3.05) is 29.9 Å². The van der Waals surface area contributed by atoms with Crippen molar-refractivity contribution in [2.24, 2.45) is 0 Å². The molecule has 6 nitrogen and oxygen atoms in total. The minimum absolute atomic E-state index is 0.177. The molecule has 3 N–H and O–H groups in total. The predicted molar refractivity (Wildman–Crippen MR) is 126 cm³/mol. The quantitative estimate of drug-likeness (QED) is 0.466. The first-order valence-electron chi connectivity index (χ1n) is 10.3. The summed E-state index contributed by atoms with van der Waals surface area (Å²) in [6.45, 7) is -0.658. The molecule has 2 heterocycles. The fourth-order valence-electron chi connectivity index (χ4n) is 3.79. The molecule has 1 aliphatic rings. The molecule has 9 heteroatoms. The molecule has 0 radical (unpaired) electrons. The highest BCUT2D eigenvalue weighted by Crippen LogP contribution is 2.37. The zero-order chi connectivity index (χ0) is 23.4. The van der Waals surface area contributed by atoms with Crippen LogP contribution in [0.3, 0.4) is 0 Å². The molecule has 170 valence electrons. The van der Waals surface area contributed by atoms with Gasteiger partial charge in [0, 0.05) is 29.6 Å². The van der Waals surface area contributed by atoms with Crippen molar-refractivity contribution in [1.82, 2.24) is 10.3 Å². The van der Waals surface area contributed by atoms with Gasteiger partial charge in [0.2, 0.25) is 0 Å². The molecular formula is C24H22F2N4O2S. The first kappa shape index (κ1) is 22.7. The zero-order valence-corrected chi connectivity index (χ0v) is 18.4. The van der Waals surface area contributed by atoms with E-state index in [9.17, 15) is 18.7 Å². The molecule has 1 aromatic heterocycles. The summed E-state index contributed by atoms with van der Waals surface area (Å²) in [6, 6.07) is 13.6. The fourth-order valence-corrected chi connectivity index (χ4v) is 4.35. The third-order valence-corrected chi connectivity index (χ3v) is 6.15. The van der Waals surface area contributed by atoms with Crippen LogP contribution in [0.25, 0.3) is 11.1 Å². The molecule has 0 spiro atoms. The summed E-state index contributed by atoms with van der Waals surface area (Å²) < 4.78 is 28.0. The van der Waals surface area contributed by atoms with Crippen LogP contribution >= 0.6 is 11.3 Å². The Morgan fingerprint density at radius 3 is 2.70 bits per heavy atom. The van der Waals surface area contributed by atoms with E-state index < -0.39 is 31.1 Å². The van der Waals surface area contributed by atoms with Crippen molar-refractivity contribution in [1.29, 1.82) is 0 Å². The average Bonchev–Trinajstić information content (AvgIpc) is 3.43. The van der Waals surface area contributed by atoms with Gasteiger partial charge in [-0.05, 0) is 23.1 Å². The first-order chi connectivity index (χ1) is 15.9. The summed E-state index contributed by atoms with van der Waals surface area (Å²) in [5, 5.41) is 17.4. The second-order valence-corrected chi connectivity index (χ2v) is 8.54. The number of aromatic nitrogens is 1. The summed E-state index contributed by atoms with van der Waals surface area (Å²) in [4.78, 5) is 18.2. The van der Waals surface area contributed by atoms with E-state index in [2.05, 4.69) is 21.5 Å². The highest BCUT2D eigenvalue weighted by molar-refractivity contribution is 7.10. The van der Waals surface area contributed by atoms with Crippen LogP contribution in [-0.2, 0) is 0 Å². The van der Waals surface area contributed by atoms with E-state index in [4.69, 9.17) is 6.42 Å². The number of amides is 2. The molecule has 2 amide bonds. The third kappa shape index (κ3) is 5.30. The van der Waals surface area contributed by atoms with Crippen LogP contribution in [0.15, 0.2) is 53.9 Å². The molecule has 2 aromatic carbocycles. The number of thiazole rings is 1. The number of alkyl halides is 2. The van der Waals surface area contributed by atoms with E-state index in [-0.39, 0.29) is 13.0 Å². The van der Waals surface area contributed by atoms with Gasteiger partial charge in [0.05, 0.1) is 19.2 Å². The maximum Gasteiger partial charge on any atom is 0.320 e. The Hall–Kier alpha value is -3.48. The lowest BCUT2D eigenvalue weighted by molar-refractivity contribution is 0.0257. The van der Waals surface area contributed by atoms with Gasteiger partial charge in [-0.1, -0.05) is 42.5 Å². The molecule has 3 aromatic rings. The number of halogens is 2. The Labute approximate surface area is 194 Å². The minimum atomic E-state index is -2.79. The molecule has 1 aliphatic heterocycles. The van der Waals surface area contributed by atoms with Gasteiger partial charge >= 0.3 is 6.03 Å². The SMILES string of the molecule is C#Cc1nc(NC(=O)NC(CO)c2ccc(-c3ccccc3)cc2N2CCC(F)(F)C2)cs1. The standard InChI is InChI=1S/C24H22F2N4O2S/c1-2-22-28-21(14-33-22)29-23(32)27-19(13-31)18-9-8-17(16-6-4-3-5-7-16)12-20(18)30-11-10-24(25,26)15-30/h1,3-9,12,14,19,31H,10-11,13,15H2,(H2,27,29,32). The van der Waals surface area contributed by atoms with Crippen LogP contribution < -0.4 is 15.5 Å². The molecule has 0 aliphatic carbocycles. The number of terminal acetylenes is 1. The van der Waals surface area contributed by atoms with Gasteiger partial charge in [0.15, 0.2) is 5.01 Å². The molecule has 4 rings (SSSR count). The Morgan fingerprint density at radius 2 is 2.06 bits per heavy atom. The van der Waals surface area contributed by atoms with Crippen LogP contribution in [0.2, 0.25) is 0 Å². The third-order valence-electron chi connectivity index (χ3n) is 5.38. The van der Waals surface area contributed by atoms with Gasteiger partial charge in [0.1, 0.15) is 5.82 Å². The number of benzene rings is 2. The minimum Gasteiger partial charge on any atom is -0.394 e. The Kier molecular flexibility index (Phi) is 6.58. The second-order valence-electron chi connectivity index (χ2n) is 7.68. The van der Waals surface area contributed by atoms with E-state index in [1.807, 2.05) is 42.5 Å². The summed E-state index contributed by atoms with van der Waals surface area (Å²) in [7, 11) is 0.